The fourth-order valence-corrected chi connectivity index (χ4v) is 3.58. The summed E-state index contributed by atoms with van der Waals surface area (Å²) in [5, 5.41) is 2.96. The molecule has 1 aliphatic heterocycles. The van der Waals surface area contributed by atoms with Crippen LogP contribution in [0.15, 0.2) is 0 Å². The number of anilines is 2. The lowest BCUT2D eigenvalue weighted by atomic mass is 10.1. The molecule has 138 valence electrons. The van der Waals surface area contributed by atoms with Crippen molar-refractivity contribution in [3.8, 4) is 0 Å². The van der Waals surface area contributed by atoms with Gasteiger partial charge in [-0.3, -0.25) is 0 Å². The number of nitrogens with one attached hydrogen (secondary N) is 1. The lowest BCUT2D eigenvalue weighted by Gasteiger charge is -2.23. The number of hydrogen-bond donors (Lipinski definition) is 2. The largest absolute Gasteiger partial charge is 0.444 e. The monoisotopic (exact) mass is 347 g/mol. The molecule has 3 N–H and O–H groups in total. The minimum Gasteiger partial charge on any atom is -0.444 e. The first-order valence-electron chi connectivity index (χ1n) is 9.21. The smallest absolute Gasteiger partial charge is 0.407 e. The van der Waals surface area contributed by atoms with Gasteiger partial charge in [0, 0.05) is 18.7 Å². The fourth-order valence-electron chi connectivity index (χ4n) is 3.58. The molecule has 1 fully saturated rings. The Morgan fingerprint density at radius 2 is 2.00 bits per heavy atom. The maximum atomic E-state index is 12.0. The first kappa shape index (κ1) is 17.8. The first-order chi connectivity index (χ1) is 11.8. The number of alkyl carbamates (subject to hydrolysis) is 1. The van der Waals surface area contributed by atoms with Crippen molar-refractivity contribution in [2.45, 2.75) is 70.9 Å². The molecule has 0 spiro atoms. The molecule has 2 heterocycles. The van der Waals surface area contributed by atoms with Crippen molar-refractivity contribution in [1.29, 1.82) is 0 Å². The highest BCUT2D eigenvalue weighted by molar-refractivity contribution is 5.68. The van der Waals surface area contributed by atoms with Gasteiger partial charge in [-0.15, -0.1) is 0 Å². The van der Waals surface area contributed by atoms with Crippen LogP contribution in [0.1, 0.15) is 57.7 Å². The van der Waals surface area contributed by atoms with Crippen LogP contribution in [-0.2, 0) is 17.6 Å². The van der Waals surface area contributed by atoms with E-state index < -0.39 is 5.60 Å². The van der Waals surface area contributed by atoms with Crippen LogP contribution in [0.2, 0.25) is 0 Å². The Kier molecular flexibility index (Phi) is 5.01. The minimum atomic E-state index is -0.485. The Hall–Kier alpha value is -2.05. The number of aryl methyl sites for hydroxylation is 1. The Morgan fingerprint density at radius 3 is 2.76 bits per heavy atom. The number of amides is 1. The highest BCUT2D eigenvalue weighted by atomic mass is 16.6. The van der Waals surface area contributed by atoms with Gasteiger partial charge in [-0.2, -0.15) is 4.98 Å². The molecule has 7 nitrogen and oxygen atoms in total. The Morgan fingerprint density at radius 1 is 1.24 bits per heavy atom. The summed E-state index contributed by atoms with van der Waals surface area (Å²) >= 11 is 0. The lowest BCUT2D eigenvalue weighted by Crippen LogP contribution is -2.40. The van der Waals surface area contributed by atoms with Gasteiger partial charge in [0.25, 0.3) is 0 Å². The molecule has 1 aromatic rings. The van der Waals surface area contributed by atoms with Gasteiger partial charge < -0.3 is 20.7 Å². The molecule has 0 saturated carbocycles. The number of hydrogen-bond acceptors (Lipinski definition) is 6. The first-order valence-corrected chi connectivity index (χ1v) is 9.21. The van der Waals surface area contributed by atoms with Crippen LogP contribution in [-0.4, -0.2) is 40.8 Å². The van der Waals surface area contributed by atoms with Gasteiger partial charge in [0.15, 0.2) is 0 Å². The average molecular weight is 347 g/mol. The van der Waals surface area contributed by atoms with Crippen molar-refractivity contribution >= 4 is 17.9 Å². The Labute approximate surface area is 149 Å². The number of aromatic nitrogens is 2. The van der Waals surface area contributed by atoms with Crippen molar-refractivity contribution < 1.29 is 9.53 Å². The number of rotatable bonds is 2. The summed E-state index contributed by atoms with van der Waals surface area (Å²) in [7, 11) is 0. The van der Waals surface area contributed by atoms with E-state index in [-0.39, 0.29) is 12.1 Å². The highest BCUT2D eigenvalue weighted by Crippen LogP contribution is 2.30. The van der Waals surface area contributed by atoms with Crippen LogP contribution in [0.25, 0.3) is 0 Å². The zero-order chi connectivity index (χ0) is 18.0. The zero-order valence-corrected chi connectivity index (χ0v) is 15.5. The van der Waals surface area contributed by atoms with Gasteiger partial charge >= 0.3 is 6.09 Å². The van der Waals surface area contributed by atoms with E-state index in [1.54, 1.807) is 0 Å². The minimum absolute atomic E-state index is 0.0625. The molecule has 3 rings (SSSR count). The van der Waals surface area contributed by atoms with Gasteiger partial charge in [0.2, 0.25) is 5.95 Å². The molecule has 0 radical (unpaired) electrons. The number of carbonyl (C=O) groups is 1. The number of fused-ring (bicyclic) bond motifs is 1. The third-order valence-electron chi connectivity index (χ3n) is 4.64. The van der Waals surface area contributed by atoms with Gasteiger partial charge in [-0.05, 0) is 52.9 Å². The predicted molar refractivity (Wildman–Crippen MR) is 97.7 cm³/mol. The van der Waals surface area contributed by atoms with Gasteiger partial charge in [0.05, 0.1) is 11.7 Å². The van der Waals surface area contributed by atoms with E-state index in [4.69, 9.17) is 10.5 Å². The van der Waals surface area contributed by atoms with Crippen LogP contribution in [0.3, 0.4) is 0 Å². The number of nitrogens with zero attached hydrogens (tertiary/aromatic N) is 3. The summed E-state index contributed by atoms with van der Waals surface area (Å²) in [6.45, 7) is 7.18. The van der Waals surface area contributed by atoms with E-state index in [9.17, 15) is 4.79 Å². The van der Waals surface area contributed by atoms with E-state index in [2.05, 4.69) is 20.2 Å². The van der Waals surface area contributed by atoms with Gasteiger partial charge in [0.1, 0.15) is 11.4 Å². The Balaban J connectivity index is 1.70. The van der Waals surface area contributed by atoms with E-state index in [0.717, 1.165) is 50.3 Å². The summed E-state index contributed by atoms with van der Waals surface area (Å²) < 4.78 is 5.35. The molecule has 7 heteroatoms. The van der Waals surface area contributed by atoms with Crippen molar-refractivity contribution in [1.82, 2.24) is 15.3 Å². The summed E-state index contributed by atoms with van der Waals surface area (Å²) in [5.74, 6) is 1.30. The second-order valence-corrected chi connectivity index (χ2v) is 7.97. The van der Waals surface area contributed by atoms with Crippen LogP contribution < -0.4 is 16.0 Å². The second kappa shape index (κ2) is 7.06. The van der Waals surface area contributed by atoms with E-state index in [1.165, 1.54) is 18.4 Å². The van der Waals surface area contributed by atoms with Crippen molar-refractivity contribution in [2.75, 3.05) is 23.7 Å². The molecule has 1 unspecified atom stereocenters. The SMILES string of the molecule is CC(C)(C)OC(=O)NC1CCN(c2nc(N)nc3c2CCCCC3)C1. The molecule has 0 aromatic carbocycles. The summed E-state index contributed by atoms with van der Waals surface area (Å²) in [5.41, 5.74) is 7.80. The number of nitrogen functional groups attached to an aromatic ring is 1. The average Bonchev–Trinajstić information content (AvgIpc) is 2.81. The molecule has 1 atom stereocenters. The molecule has 0 bridgehead atoms. The van der Waals surface area contributed by atoms with Crippen LogP contribution in [0, 0.1) is 0 Å². The summed E-state index contributed by atoms with van der Waals surface area (Å²) in [4.78, 5) is 23.2. The van der Waals surface area contributed by atoms with Crippen LogP contribution >= 0.6 is 0 Å². The number of ether oxygens (including phenoxy) is 1. The van der Waals surface area contributed by atoms with Crippen LogP contribution in [0.4, 0.5) is 16.6 Å². The van der Waals surface area contributed by atoms with Gasteiger partial charge in [-0.1, -0.05) is 6.42 Å². The maximum absolute atomic E-state index is 12.0. The van der Waals surface area contributed by atoms with Crippen LogP contribution in [0.5, 0.6) is 0 Å². The van der Waals surface area contributed by atoms with Crippen molar-refractivity contribution in [3.63, 3.8) is 0 Å². The topological polar surface area (TPSA) is 93.4 Å². The van der Waals surface area contributed by atoms with E-state index >= 15 is 0 Å². The van der Waals surface area contributed by atoms with Crippen molar-refractivity contribution in [2.24, 2.45) is 0 Å². The normalized spacial score (nSPS) is 20.8. The zero-order valence-electron chi connectivity index (χ0n) is 15.5. The number of nitrogens with two attached hydrogens (primary N) is 1. The van der Waals surface area contributed by atoms with E-state index in [1.807, 2.05) is 20.8 Å². The maximum Gasteiger partial charge on any atom is 0.407 e. The molecule has 1 aliphatic carbocycles. The molecular formula is C18H29N5O2. The summed E-state index contributed by atoms with van der Waals surface area (Å²) in [6.07, 6.45) is 6.04. The highest BCUT2D eigenvalue weighted by Gasteiger charge is 2.29. The standard InChI is InChI=1S/C18H29N5O2/c1-18(2,3)25-17(24)20-12-9-10-23(11-12)15-13-7-5-4-6-8-14(13)21-16(19)22-15/h12H,4-11H2,1-3H3,(H,20,24)(H2,19,21,22). The third kappa shape index (κ3) is 4.52. The molecular weight excluding hydrogens is 318 g/mol. The predicted octanol–water partition coefficient (Wildman–Crippen LogP) is 2.43. The quantitative estimate of drug-likeness (QED) is 0.798. The summed E-state index contributed by atoms with van der Waals surface area (Å²) in [6, 6.07) is 0.0625. The lowest BCUT2D eigenvalue weighted by molar-refractivity contribution is 0.0509. The molecule has 1 amide bonds. The number of carbonyl (C=O) groups excluding carboxylic acids is 1. The molecule has 1 aromatic heterocycles. The third-order valence-corrected chi connectivity index (χ3v) is 4.64. The van der Waals surface area contributed by atoms with E-state index in [0.29, 0.717) is 5.95 Å². The molecule has 25 heavy (non-hydrogen) atoms. The Bertz CT molecular complexity index is 641. The van der Waals surface area contributed by atoms with Crippen molar-refractivity contribution in [3.05, 3.63) is 11.3 Å². The fraction of sp³-hybridized carbons (Fsp3) is 0.722. The molecule has 2 aliphatic rings. The molecule has 1 saturated heterocycles. The van der Waals surface area contributed by atoms with Gasteiger partial charge in [-0.25, -0.2) is 9.78 Å². The second-order valence-electron chi connectivity index (χ2n) is 7.97.